The van der Waals surface area contributed by atoms with E-state index in [1.165, 1.54) is 0 Å². The number of amides is 1. The second-order valence-electron chi connectivity index (χ2n) is 5.63. The number of hydrogen-bond acceptors (Lipinski definition) is 4. The fourth-order valence-corrected chi connectivity index (χ4v) is 2.72. The summed E-state index contributed by atoms with van der Waals surface area (Å²) >= 11 is 5.86. The van der Waals surface area contributed by atoms with Gasteiger partial charge >= 0.3 is 0 Å². The third kappa shape index (κ3) is 4.46. The van der Waals surface area contributed by atoms with Gasteiger partial charge in [0, 0.05) is 24.7 Å². The van der Waals surface area contributed by atoms with Gasteiger partial charge in [0.05, 0.1) is 25.1 Å². The van der Waals surface area contributed by atoms with Gasteiger partial charge in [-0.05, 0) is 36.2 Å². The topological polar surface area (TPSA) is 54.5 Å². The Kier molecular flexibility index (Phi) is 5.67. The zero-order chi connectivity index (χ0) is 16.8. The number of anilines is 1. The zero-order valence-electron chi connectivity index (χ0n) is 13.4. The molecule has 0 spiro atoms. The number of nitrogens with one attached hydrogen (secondary N) is 1. The smallest absolute Gasteiger partial charge is 0.269 e. The van der Waals surface area contributed by atoms with E-state index >= 15 is 0 Å². The average Bonchev–Trinajstić information content (AvgIpc) is 2.64. The van der Waals surface area contributed by atoms with E-state index in [4.69, 9.17) is 16.3 Å². The van der Waals surface area contributed by atoms with Crippen molar-refractivity contribution in [2.75, 3.05) is 37.7 Å². The first-order valence-electron chi connectivity index (χ1n) is 8.04. The predicted molar refractivity (Wildman–Crippen MR) is 94.8 cm³/mol. The minimum Gasteiger partial charge on any atom is -0.378 e. The van der Waals surface area contributed by atoms with Crippen LogP contribution in [0.5, 0.6) is 0 Å². The number of halogens is 1. The standard InChI is InChI=1S/C18H20ClN3O2/c19-15-3-1-14(2-4-15)7-8-20-18(23)17-6-5-16(13-21-17)22-9-11-24-12-10-22/h1-6,13H,7-12H2,(H,20,23). The van der Waals surface area contributed by atoms with E-state index in [0.29, 0.717) is 17.3 Å². The van der Waals surface area contributed by atoms with Gasteiger partial charge in [-0.1, -0.05) is 23.7 Å². The maximum Gasteiger partial charge on any atom is 0.269 e. The third-order valence-electron chi connectivity index (χ3n) is 3.97. The number of ether oxygens (including phenoxy) is 1. The largest absolute Gasteiger partial charge is 0.378 e. The van der Waals surface area contributed by atoms with Crippen molar-refractivity contribution in [3.63, 3.8) is 0 Å². The van der Waals surface area contributed by atoms with E-state index in [1.54, 1.807) is 12.3 Å². The summed E-state index contributed by atoms with van der Waals surface area (Å²) < 4.78 is 5.34. The van der Waals surface area contributed by atoms with Gasteiger partial charge < -0.3 is 15.0 Å². The van der Waals surface area contributed by atoms with Gasteiger partial charge in [-0.3, -0.25) is 4.79 Å². The van der Waals surface area contributed by atoms with Crippen LogP contribution in [0, 0.1) is 0 Å². The van der Waals surface area contributed by atoms with Gasteiger partial charge in [-0.25, -0.2) is 4.98 Å². The molecule has 2 aromatic rings. The Morgan fingerprint density at radius 2 is 1.92 bits per heavy atom. The molecule has 0 unspecified atom stereocenters. The maximum absolute atomic E-state index is 12.1. The summed E-state index contributed by atoms with van der Waals surface area (Å²) in [6.45, 7) is 3.73. The van der Waals surface area contributed by atoms with Crippen molar-refractivity contribution < 1.29 is 9.53 Å². The lowest BCUT2D eigenvalue weighted by Gasteiger charge is -2.28. The first-order chi connectivity index (χ1) is 11.7. The molecule has 3 rings (SSSR count). The molecule has 1 aliphatic rings. The van der Waals surface area contributed by atoms with Crippen molar-refractivity contribution >= 4 is 23.2 Å². The van der Waals surface area contributed by atoms with Gasteiger partial charge in [0.2, 0.25) is 0 Å². The van der Waals surface area contributed by atoms with E-state index in [2.05, 4.69) is 15.2 Å². The van der Waals surface area contributed by atoms with Crippen molar-refractivity contribution in [3.05, 3.63) is 58.9 Å². The normalized spacial score (nSPS) is 14.5. The molecule has 0 saturated carbocycles. The molecule has 1 aromatic carbocycles. The third-order valence-corrected chi connectivity index (χ3v) is 4.22. The van der Waals surface area contributed by atoms with Crippen LogP contribution in [0.1, 0.15) is 16.1 Å². The van der Waals surface area contributed by atoms with Gasteiger partial charge in [0.1, 0.15) is 5.69 Å². The second kappa shape index (κ2) is 8.13. The summed E-state index contributed by atoms with van der Waals surface area (Å²) in [4.78, 5) is 18.6. The van der Waals surface area contributed by atoms with E-state index in [-0.39, 0.29) is 5.91 Å². The molecule has 2 heterocycles. The molecule has 1 saturated heterocycles. The Labute approximate surface area is 146 Å². The number of carbonyl (C=O) groups is 1. The molecule has 6 heteroatoms. The van der Waals surface area contributed by atoms with Crippen LogP contribution in [0.25, 0.3) is 0 Å². The summed E-state index contributed by atoms with van der Waals surface area (Å²) in [5.74, 6) is -0.155. The van der Waals surface area contributed by atoms with Crippen molar-refractivity contribution in [3.8, 4) is 0 Å². The van der Waals surface area contributed by atoms with E-state index in [0.717, 1.165) is 44.0 Å². The minimum atomic E-state index is -0.155. The highest BCUT2D eigenvalue weighted by Crippen LogP contribution is 2.14. The highest BCUT2D eigenvalue weighted by molar-refractivity contribution is 6.30. The molecule has 1 amide bonds. The van der Waals surface area contributed by atoms with Crippen LogP contribution in [-0.4, -0.2) is 43.7 Å². The Hall–Kier alpha value is -2.11. The van der Waals surface area contributed by atoms with Crippen molar-refractivity contribution in [2.45, 2.75) is 6.42 Å². The highest BCUT2D eigenvalue weighted by Gasteiger charge is 2.13. The quantitative estimate of drug-likeness (QED) is 0.904. The molecule has 126 valence electrons. The van der Waals surface area contributed by atoms with E-state index < -0.39 is 0 Å². The van der Waals surface area contributed by atoms with Crippen LogP contribution in [0.15, 0.2) is 42.6 Å². The van der Waals surface area contributed by atoms with Crippen molar-refractivity contribution in [2.24, 2.45) is 0 Å². The molecular formula is C18H20ClN3O2. The molecule has 24 heavy (non-hydrogen) atoms. The Morgan fingerprint density at radius 3 is 2.58 bits per heavy atom. The Morgan fingerprint density at radius 1 is 1.17 bits per heavy atom. The van der Waals surface area contributed by atoms with Gasteiger partial charge in [-0.15, -0.1) is 0 Å². The molecule has 5 nitrogen and oxygen atoms in total. The highest BCUT2D eigenvalue weighted by atomic mass is 35.5. The summed E-state index contributed by atoms with van der Waals surface area (Å²) in [6.07, 6.45) is 2.51. The summed E-state index contributed by atoms with van der Waals surface area (Å²) in [5, 5.41) is 3.61. The lowest BCUT2D eigenvalue weighted by Crippen LogP contribution is -2.36. The number of nitrogens with zero attached hydrogens (tertiary/aromatic N) is 2. The van der Waals surface area contributed by atoms with Crippen LogP contribution >= 0.6 is 11.6 Å². The molecule has 0 bridgehead atoms. The molecular weight excluding hydrogens is 326 g/mol. The van der Waals surface area contributed by atoms with Crippen molar-refractivity contribution in [1.29, 1.82) is 0 Å². The van der Waals surface area contributed by atoms with Crippen LogP contribution < -0.4 is 10.2 Å². The van der Waals surface area contributed by atoms with Crippen LogP contribution in [0.2, 0.25) is 5.02 Å². The second-order valence-corrected chi connectivity index (χ2v) is 6.07. The Balaban J connectivity index is 1.50. The fourth-order valence-electron chi connectivity index (χ4n) is 2.59. The number of morpholine rings is 1. The molecule has 1 fully saturated rings. The number of rotatable bonds is 5. The molecule has 1 aliphatic heterocycles. The average molecular weight is 346 g/mol. The molecule has 1 N–H and O–H groups in total. The zero-order valence-corrected chi connectivity index (χ0v) is 14.1. The number of aromatic nitrogens is 1. The lowest BCUT2D eigenvalue weighted by atomic mass is 10.1. The van der Waals surface area contributed by atoms with E-state index in [9.17, 15) is 4.79 Å². The van der Waals surface area contributed by atoms with Gasteiger partial charge in [0.15, 0.2) is 0 Å². The summed E-state index contributed by atoms with van der Waals surface area (Å²) in [5.41, 5.74) is 2.59. The molecule has 1 aromatic heterocycles. The van der Waals surface area contributed by atoms with E-state index in [1.807, 2.05) is 30.3 Å². The predicted octanol–water partition coefficient (Wildman–Crippen LogP) is 2.54. The first kappa shape index (κ1) is 16.7. The molecule has 0 atom stereocenters. The van der Waals surface area contributed by atoms with Crippen LogP contribution in [0.3, 0.4) is 0 Å². The maximum atomic E-state index is 12.1. The minimum absolute atomic E-state index is 0.155. The molecule has 0 aliphatic carbocycles. The fraction of sp³-hybridized carbons (Fsp3) is 0.333. The Bertz CT molecular complexity index is 668. The monoisotopic (exact) mass is 345 g/mol. The molecule has 0 radical (unpaired) electrons. The lowest BCUT2D eigenvalue weighted by molar-refractivity contribution is 0.0949. The first-order valence-corrected chi connectivity index (χ1v) is 8.41. The van der Waals surface area contributed by atoms with Crippen LogP contribution in [-0.2, 0) is 11.2 Å². The van der Waals surface area contributed by atoms with Gasteiger partial charge in [0.25, 0.3) is 5.91 Å². The SMILES string of the molecule is O=C(NCCc1ccc(Cl)cc1)c1ccc(N2CCOCC2)cn1. The number of pyridine rings is 1. The number of carbonyl (C=O) groups excluding carboxylic acids is 1. The summed E-state index contributed by atoms with van der Waals surface area (Å²) in [6, 6.07) is 11.3. The summed E-state index contributed by atoms with van der Waals surface area (Å²) in [7, 11) is 0. The van der Waals surface area contributed by atoms with Gasteiger partial charge in [-0.2, -0.15) is 0 Å². The number of benzene rings is 1. The van der Waals surface area contributed by atoms with Crippen molar-refractivity contribution in [1.82, 2.24) is 10.3 Å². The number of hydrogen-bond donors (Lipinski definition) is 1. The van der Waals surface area contributed by atoms with Crippen LogP contribution in [0.4, 0.5) is 5.69 Å².